The highest BCUT2D eigenvalue weighted by Gasteiger charge is 2.39. The summed E-state index contributed by atoms with van der Waals surface area (Å²) in [6.07, 6.45) is -2.88. The number of aryl methyl sites for hydroxylation is 1. The zero-order valence-electron chi connectivity index (χ0n) is 10.7. The molecule has 3 N–H and O–H groups in total. The minimum absolute atomic E-state index is 0.280. The first-order valence-corrected chi connectivity index (χ1v) is 5.93. The maximum absolute atomic E-state index is 13.1. The van der Waals surface area contributed by atoms with E-state index in [1.54, 1.807) is 24.3 Å². The number of hydrogen-bond donors (Lipinski definition) is 2. The highest BCUT2D eigenvalue weighted by molar-refractivity contribution is 5.96. The molecule has 0 aliphatic rings. The lowest BCUT2D eigenvalue weighted by molar-refractivity contribution is -0.142. The van der Waals surface area contributed by atoms with Crippen LogP contribution in [0.15, 0.2) is 30.5 Å². The van der Waals surface area contributed by atoms with Crippen LogP contribution in [0.5, 0.6) is 0 Å². The van der Waals surface area contributed by atoms with Crippen molar-refractivity contribution in [2.75, 3.05) is 0 Å². The smallest absolute Gasteiger partial charge is 0.384 e. The molecule has 0 atom stereocenters. The fourth-order valence-corrected chi connectivity index (χ4v) is 1.89. The summed E-state index contributed by atoms with van der Waals surface area (Å²) in [5, 5.41) is 10.9. The van der Waals surface area contributed by atoms with Crippen LogP contribution in [0, 0.1) is 5.41 Å². The van der Waals surface area contributed by atoms with Crippen LogP contribution in [-0.2, 0) is 12.6 Å². The molecular weight excluding hydrogens is 269 g/mol. The Morgan fingerprint density at radius 3 is 2.35 bits per heavy atom. The van der Waals surface area contributed by atoms with Crippen molar-refractivity contribution in [3.63, 3.8) is 0 Å². The van der Waals surface area contributed by atoms with Crippen molar-refractivity contribution < 1.29 is 13.2 Å². The van der Waals surface area contributed by atoms with E-state index >= 15 is 0 Å². The van der Waals surface area contributed by atoms with Gasteiger partial charge in [-0.15, -0.1) is 0 Å². The minimum Gasteiger partial charge on any atom is -0.384 e. The van der Waals surface area contributed by atoms with Crippen LogP contribution in [0.4, 0.5) is 13.2 Å². The number of hydrogen-bond acceptors (Lipinski definition) is 2. The number of nitrogens with two attached hydrogens (primary N) is 1. The van der Waals surface area contributed by atoms with Crippen LogP contribution in [0.25, 0.3) is 5.69 Å². The van der Waals surface area contributed by atoms with E-state index in [0.717, 1.165) is 22.9 Å². The van der Waals surface area contributed by atoms with E-state index in [1.165, 1.54) is 0 Å². The Balaban J connectivity index is 2.59. The molecule has 0 aliphatic carbocycles. The van der Waals surface area contributed by atoms with Crippen LogP contribution in [-0.4, -0.2) is 15.6 Å². The number of alkyl halides is 3. The van der Waals surface area contributed by atoms with Gasteiger partial charge >= 0.3 is 6.18 Å². The SMILES string of the molecule is CCc1ccc(-n2ncc(C(=N)N)c2C(F)(F)F)cc1. The second-order valence-corrected chi connectivity index (χ2v) is 4.25. The van der Waals surface area contributed by atoms with E-state index in [9.17, 15) is 13.2 Å². The molecule has 0 radical (unpaired) electrons. The van der Waals surface area contributed by atoms with Crippen LogP contribution < -0.4 is 5.73 Å². The van der Waals surface area contributed by atoms with Gasteiger partial charge in [0.25, 0.3) is 0 Å². The molecule has 106 valence electrons. The number of nitrogens with one attached hydrogen (secondary N) is 1. The Morgan fingerprint density at radius 2 is 1.90 bits per heavy atom. The molecule has 7 heteroatoms. The first kappa shape index (κ1) is 14.1. The Hall–Kier alpha value is -2.31. The molecule has 0 bridgehead atoms. The summed E-state index contributed by atoms with van der Waals surface area (Å²) < 4.78 is 40.1. The van der Waals surface area contributed by atoms with Crippen molar-refractivity contribution in [3.05, 3.63) is 47.3 Å². The Kier molecular flexibility index (Phi) is 3.52. The summed E-state index contributed by atoms with van der Waals surface area (Å²) in [7, 11) is 0. The lowest BCUT2D eigenvalue weighted by Crippen LogP contribution is -2.20. The number of nitrogens with zero attached hydrogens (tertiary/aromatic N) is 2. The van der Waals surface area contributed by atoms with E-state index in [2.05, 4.69) is 5.10 Å². The zero-order valence-corrected chi connectivity index (χ0v) is 10.7. The van der Waals surface area contributed by atoms with Gasteiger partial charge in [-0.05, 0) is 24.1 Å². The van der Waals surface area contributed by atoms with Gasteiger partial charge in [0.2, 0.25) is 0 Å². The normalized spacial score (nSPS) is 11.6. The van der Waals surface area contributed by atoms with Crippen molar-refractivity contribution >= 4 is 5.84 Å². The van der Waals surface area contributed by atoms with Crippen molar-refractivity contribution in [2.45, 2.75) is 19.5 Å². The maximum Gasteiger partial charge on any atom is 0.434 e. The summed E-state index contributed by atoms with van der Waals surface area (Å²) in [4.78, 5) is 0. The van der Waals surface area contributed by atoms with Gasteiger partial charge < -0.3 is 5.73 Å². The summed E-state index contributed by atoms with van der Waals surface area (Å²) in [5.74, 6) is -0.659. The largest absolute Gasteiger partial charge is 0.434 e. The molecule has 0 fully saturated rings. The van der Waals surface area contributed by atoms with Crippen LogP contribution in [0.2, 0.25) is 0 Å². The van der Waals surface area contributed by atoms with Crippen molar-refractivity contribution in [1.82, 2.24) is 9.78 Å². The summed E-state index contributed by atoms with van der Waals surface area (Å²) in [6, 6.07) is 6.60. The molecular formula is C13H13F3N4. The number of aromatic nitrogens is 2. The number of benzene rings is 1. The van der Waals surface area contributed by atoms with E-state index < -0.39 is 23.3 Å². The summed E-state index contributed by atoms with van der Waals surface area (Å²) in [6.45, 7) is 1.96. The molecule has 4 nitrogen and oxygen atoms in total. The predicted octanol–water partition coefficient (Wildman–Crippen LogP) is 2.74. The van der Waals surface area contributed by atoms with Gasteiger partial charge in [0.05, 0.1) is 17.4 Å². The molecule has 2 aromatic rings. The van der Waals surface area contributed by atoms with Crippen molar-refractivity contribution in [3.8, 4) is 5.69 Å². The van der Waals surface area contributed by atoms with Gasteiger partial charge in [0, 0.05) is 0 Å². The number of nitrogen functional groups attached to an aromatic ring is 1. The Morgan fingerprint density at radius 1 is 1.30 bits per heavy atom. The molecule has 0 spiro atoms. The molecule has 20 heavy (non-hydrogen) atoms. The molecule has 1 aromatic carbocycles. The zero-order chi connectivity index (χ0) is 14.9. The molecule has 1 aromatic heterocycles. The molecule has 0 saturated carbocycles. The molecule has 0 saturated heterocycles. The first-order valence-electron chi connectivity index (χ1n) is 5.93. The highest BCUT2D eigenvalue weighted by Crippen LogP contribution is 2.33. The lowest BCUT2D eigenvalue weighted by atomic mass is 10.1. The summed E-state index contributed by atoms with van der Waals surface area (Å²) in [5.41, 5.74) is 5.02. The van der Waals surface area contributed by atoms with Gasteiger partial charge in [-0.2, -0.15) is 18.3 Å². The average molecular weight is 282 g/mol. The molecule has 0 amide bonds. The number of halogens is 3. The standard InChI is InChI=1S/C13H13F3N4/c1-2-8-3-5-9(6-4-8)20-11(13(14,15)16)10(7-19-20)12(17)18/h3-7H,2H2,1H3,(H3,17,18). The van der Waals surface area contributed by atoms with E-state index in [-0.39, 0.29) is 5.69 Å². The number of amidine groups is 1. The third-order valence-corrected chi connectivity index (χ3v) is 2.92. The third kappa shape index (κ3) is 2.52. The summed E-state index contributed by atoms with van der Waals surface area (Å²) >= 11 is 0. The van der Waals surface area contributed by atoms with Gasteiger partial charge in [0.1, 0.15) is 5.84 Å². The fraction of sp³-hybridized carbons (Fsp3) is 0.231. The van der Waals surface area contributed by atoms with Gasteiger partial charge in [-0.1, -0.05) is 19.1 Å². The molecule has 1 heterocycles. The van der Waals surface area contributed by atoms with Crippen molar-refractivity contribution in [1.29, 1.82) is 5.41 Å². The van der Waals surface area contributed by atoms with Gasteiger partial charge in [0.15, 0.2) is 5.69 Å². The van der Waals surface area contributed by atoms with Crippen molar-refractivity contribution in [2.24, 2.45) is 5.73 Å². The quantitative estimate of drug-likeness (QED) is 0.671. The molecule has 0 unspecified atom stereocenters. The fourth-order valence-electron chi connectivity index (χ4n) is 1.89. The Labute approximate surface area is 113 Å². The minimum atomic E-state index is -4.64. The van der Waals surface area contributed by atoms with Crippen LogP contribution in [0.1, 0.15) is 23.7 Å². The van der Waals surface area contributed by atoms with Gasteiger partial charge in [-0.25, -0.2) is 4.68 Å². The van der Waals surface area contributed by atoms with E-state index in [4.69, 9.17) is 11.1 Å². The Bertz CT molecular complexity index is 626. The van der Waals surface area contributed by atoms with Crippen LogP contribution >= 0.6 is 0 Å². The second-order valence-electron chi connectivity index (χ2n) is 4.25. The third-order valence-electron chi connectivity index (χ3n) is 2.92. The van der Waals surface area contributed by atoms with Crippen LogP contribution in [0.3, 0.4) is 0 Å². The van der Waals surface area contributed by atoms with E-state index in [1.807, 2.05) is 6.92 Å². The predicted molar refractivity (Wildman–Crippen MR) is 69.0 cm³/mol. The lowest BCUT2D eigenvalue weighted by Gasteiger charge is -2.12. The molecule has 2 rings (SSSR count). The number of rotatable bonds is 3. The monoisotopic (exact) mass is 282 g/mol. The van der Waals surface area contributed by atoms with Gasteiger partial charge in [-0.3, -0.25) is 5.41 Å². The second kappa shape index (κ2) is 4.99. The highest BCUT2D eigenvalue weighted by atomic mass is 19.4. The topological polar surface area (TPSA) is 67.7 Å². The maximum atomic E-state index is 13.1. The first-order chi connectivity index (χ1) is 9.34. The molecule has 0 aliphatic heterocycles. The van der Waals surface area contributed by atoms with E-state index in [0.29, 0.717) is 0 Å². The average Bonchev–Trinajstić information content (AvgIpc) is 2.83.